The normalized spacial score (nSPS) is 17.5. The molecule has 4 atom stereocenters. The van der Waals surface area contributed by atoms with E-state index >= 15 is 0 Å². The van der Waals surface area contributed by atoms with Gasteiger partial charge >= 0.3 is 27.7 Å². The molecule has 6 aromatic carbocycles. The maximum Gasteiger partial charge on any atom is 0.325 e. The fraction of sp³-hybridized carbons (Fsp3) is 0.281. The number of nitrogens with zero attached hydrogens (tertiary/aromatic N) is 2. The second-order valence-electron chi connectivity index (χ2n) is 22.1. The van der Waals surface area contributed by atoms with Crippen LogP contribution in [-0.4, -0.2) is 84.4 Å². The first-order chi connectivity index (χ1) is 42.1. The molecule has 4 unspecified atom stereocenters. The van der Waals surface area contributed by atoms with Gasteiger partial charge in [-0.2, -0.15) is 0 Å². The number of fused-ring (bicyclic) bond motifs is 4. The molecule has 88 heavy (non-hydrogen) atoms. The molecular weight excluding hydrogens is 1190 g/mol. The lowest BCUT2D eigenvalue weighted by molar-refractivity contribution is 0.221. The lowest BCUT2D eigenvalue weighted by Crippen LogP contribution is -2.29. The Morgan fingerprint density at radius 1 is 0.386 bits per heavy atom. The average molecular weight is 1260 g/mol. The van der Waals surface area contributed by atoms with Crippen LogP contribution in [0.3, 0.4) is 0 Å². The Kier molecular flexibility index (Phi) is 21.3. The van der Waals surface area contributed by atoms with Crippen LogP contribution in [-0.2, 0) is 81.0 Å². The van der Waals surface area contributed by atoms with Gasteiger partial charge in [-0.3, -0.25) is 0 Å². The van der Waals surface area contributed by atoms with Gasteiger partial charge in [-0.05, 0) is 128 Å². The summed E-state index contributed by atoms with van der Waals surface area (Å²) in [7, 11) is -13.6. The van der Waals surface area contributed by atoms with Crippen LogP contribution in [0.15, 0.2) is 202 Å². The van der Waals surface area contributed by atoms with E-state index in [4.69, 9.17) is 30.1 Å². The summed E-state index contributed by atoms with van der Waals surface area (Å²) >= 11 is 0. The first-order valence-electron chi connectivity index (χ1n) is 29.4. The molecule has 0 radical (unpaired) electrons. The fourth-order valence-corrected chi connectivity index (χ4v) is 17.2. The van der Waals surface area contributed by atoms with Gasteiger partial charge in [0, 0.05) is 25.5 Å². The second kappa shape index (κ2) is 28.5. The molecule has 8 aromatic rings. The Morgan fingerprint density at radius 3 is 1.20 bits per heavy atom. The SMILES string of the molecule is CB1OC(CN)c2ccc(CS(=O)(=O)c3ccccn3)cc21.CB1OC(CN)c2cccc(CS(=O)(=O)c3ccccc3)c21.CCC1OB(C)c2c(CS(=O)(=O)c3ccccn3)cccc21.CCC1OB(C)c2cc(CS(=O)(=O)c3ccccc3)ccc21. The van der Waals surface area contributed by atoms with Gasteiger partial charge in [0.2, 0.25) is 0 Å². The van der Waals surface area contributed by atoms with Gasteiger partial charge in [0.15, 0.2) is 49.4 Å². The average Bonchev–Trinajstić information content (AvgIpc) is 1.98. The van der Waals surface area contributed by atoms with Crippen molar-refractivity contribution in [3.05, 3.63) is 227 Å². The molecule has 6 heterocycles. The molecule has 0 amide bonds. The van der Waals surface area contributed by atoms with Gasteiger partial charge in [0.25, 0.3) is 0 Å². The number of nitrogens with two attached hydrogens (primary N) is 2. The minimum atomic E-state index is -3.45. The molecule has 0 spiro atoms. The Bertz CT molecular complexity index is 3920. The summed E-state index contributed by atoms with van der Waals surface area (Å²) in [5.74, 6) is -0.117. The van der Waals surface area contributed by atoms with Crippen LogP contribution in [0.25, 0.3) is 0 Å². The quantitative estimate of drug-likeness (QED) is 0.0877. The van der Waals surface area contributed by atoms with Gasteiger partial charge in [-0.1, -0.05) is 162 Å². The van der Waals surface area contributed by atoms with E-state index in [9.17, 15) is 33.7 Å². The van der Waals surface area contributed by atoms with Gasteiger partial charge in [0.1, 0.15) is 0 Å². The number of aromatic nitrogens is 2. The number of benzene rings is 6. The molecule has 12 rings (SSSR count). The molecule has 4 aliphatic rings. The third-order valence-electron chi connectivity index (χ3n) is 16.0. The van der Waals surface area contributed by atoms with E-state index < -0.39 is 39.3 Å². The van der Waals surface area contributed by atoms with Crippen LogP contribution in [0, 0.1) is 0 Å². The molecule has 4 N–H and O–H groups in total. The van der Waals surface area contributed by atoms with Gasteiger partial charge in [0.05, 0.1) is 57.2 Å². The van der Waals surface area contributed by atoms with Gasteiger partial charge < -0.3 is 30.1 Å². The highest BCUT2D eigenvalue weighted by atomic mass is 32.2. The second-order valence-corrected chi connectivity index (χ2v) is 30.0. The van der Waals surface area contributed by atoms with Crippen molar-refractivity contribution < 1.29 is 52.3 Å². The molecule has 2 aromatic heterocycles. The minimum Gasteiger partial charge on any atom is -0.424 e. The molecule has 0 saturated heterocycles. The van der Waals surface area contributed by atoms with Crippen molar-refractivity contribution >= 4 is 88.9 Å². The summed E-state index contributed by atoms with van der Waals surface area (Å²) < 4.78 is 123. The monoisotopic (exact) mass is 1260 g/mol. The number of pyridine rings is 2. The van der Waals surface area contributed by atoms with Crippen molar-refractivity contribution in [2.24, 2.45) is 11.5 Å². The maximum absolute atomic E-state index is 12.6. The van der Waals surface area contributed by atoms with Crippen LogP contribution in [0.5, 0.6) is 0 Å². The van der Waals surface area contributed by atoms with E-state index in [0.29, 0.717) is 22.9 Å². The first-order valence-corrected chi connectivity index (χ1v) is 36.0. The van der Waals surface area contributed by atoms with Crippen molar-refractivity contribution in [2.45, 2.75) is 121 Å². The molecule has 0 bridgehead atoms. The first kappa shape index (κ1) is 65.9. The fourth-order valence-electron chi connectivity index (χ4n) is 11.8. The molecule has 4 aliphatic heterocycles. The third kappa shape index (κ3) is 15.2. The summed E-state index contributed by atoms with van der Waals surface area (Å²) in [5.41, 5.74) is 23.1. The maximum atomic E-state index is 12.6. The van der Waals surface area contributed by atoms with Crippen LogP contribution in [0.2, 0.25) is 27.3 Å². The highest BCUT2D eigenvalue weighted by Gasteiger charge is 2.37. The number of hydrogen-bond donors (Lipinski definition) is 2. The molecule has 456 valence electrons. The van der Waals surface area contributed by atoms with Crippen LogP contribution in [0.1, 0.15) is 95.6 Å². The lowest BCUT2D eigenvalue weighted by atomic mass is 9.62. The molecule has 0 saturated carbocycles. The standard InChI is InChI=1S/C17H19BO3S.2C16H18BNO3S.C15H17BN2O3S/c1-3-17-15-10-9-13(11-16(15)18(2)21-17)12-22(19,20)14-7-5-4-6-8-14;1-17-16-12(6-5-9-14(16)15(10-18)21-17)11-22(19,20)13-7-3-2-4-8-13;1-3-14-13-8-6-7-12(16(13)17(2)21-14)11-22(19,20)15-9-4-5-10-18-15;1-16-13-8-11(5-6-12(13)14(9-17)21-16)10-22(19,20)15-4-2-3-7-18-15/h4-11,17H,3,12H2,1-2H3;2-9,15H,10-11,18H2,1H3;4-10,14H,3,11H2,1-2H3;2-8,14H,9-10,17H2,1H3. The zero-order valence-electron chi connectivity index (χ0n) is 50.2. The zero-order valence-corrected chi connectivity index (χ0v) is 53.4. The molecule has 24 heteroatoms. The smallest absolute Gasteiger partial charge is 0.325 e. The highest BCUT2D eigenvalue weighted by Crippen LogP contribution is 2.32. The summed E-state index contributed by atoms with van der Waals surface area (Å²) in [5, 5.41) is 0.214. The van der Waals surface area contributed by atoms with Crippen molar-refractivity contribution in [3.8, 4) is 0 Å². The Balaban J connectivity index is 0.000000140. The van der Waals surface area contributed by atoms with E-state index in [1.807, 2.05) is 106 Å². The highest BCUT2D eigenvalue weighted by molar-refractivity contribution is 7.91. The Labute approximate surface area is 520 Å². The summed E-state index contributed by atoms with van der Waals surface area (Å²) in [6.45, 7) is 12.6. The third-order valence-corrected chi connectivity index (χ3v) is 22.6. The molecular formula is C64H72B4N4O12S4. The Hall–Kier alpha value is -6.56. The number of sulfone groups is 4. The van der Waals surface area contributed by atoms with E-state index in [-0.39, 0.29) is 85.1 Å². The predicted molar refractivity (Wildman–Crippen MR) is 350 cm³/mol. The van der Waals surface area contributed by atoms with Crippen molar-refractivity contribution in [3.63, 3.8) is 0 Å². The minimum absolute atomic E-state index is 0.0216. The van der Waals surface area contributed by atoms with Gasteiger partial charge in [-0.25, -0.2) is 43.6 Å². The topological polar surface area (TPSA) is 251 Å². The molecule has 16 nitrogen and oxygen atoms in total. The van der Waals surface area contributed by atoms with Gasteiger partial charge in [-0.15, -0.1) is 0 Å². The van der Waals surface area contributed by atoms with Crippen molar-refractivity contribution in [1.29, 1.82) is 0 Å². The summed E-state index contributed by atoms with van der Waals surface area (Å²) in [4.78, 5) is 8.61. The van der Waals surface area contributed by atoms with E-state index in [2.05, 4.69) is 23.8 Å². The van der Waals surface area contributed by atoms with Crippen molar-refractivity contribution in [2.75, 3.05) is 13.1 Å². The summed E-state index contributed by atoms with van der Waals surface area (Å²) in [6, 6.07) is 50.0. The lowest BCUT2D eigenvalue weighted by Gasteiger charge is -2.11. The predicted octanol–water partition coefficient (Wildman–Crippen LogP) is 7.77. The van der Waals surface area contributed by atoms with Crippen LogP contribution in [0.4, 0.5) is 0 Å². The molecule has 0 aliphatic carbocycles. The van der Waals surface area contributed by atoms with Crippen molar-refractivity contribution in [1.82, 2.24) is 9.97 Å². The molecule has 0 fully saturated rings. The number of rotatable bonds is 16. The Morgan fingerprint density at radius 2 is 0.750 bits per heavy atom. The largest absolute Gasteiger partial charge is 0.424 e. The van der Waals surface area contributed by atoms with Crippen LogP contribution >= 0.6 is 0 Å². The summed E-state index contributed by atoms with van der Waals surface area (Å²) in [6.07, 6.45) is 4.73. The number of hydrogen-bond acceptors (Lipinski definition) is 16. The van der Waals surface area contributed by atoms with E-state index in [1.165, 1.54) is 30.1 Å². The van der Waals surface area contributed by atoms with E-state index in [0.717, 1.165) is 73.6 Å². The van der Waals surface area contributed by atoms with Crippen LogP contribution < -0.4 is 33.3 Å². The van der Waals surface area contributed by atoms with E-state index in [1.54, 1.807) is 78.9 Å². The zero-order chi connectivity index (χ0) is 63.0.